The van der Waals surface area contributed by atoms with Crippen molar-refractivity contribution in [3.63, 3.8) is 0 Å². The highest BCUT2D eigenvalue weighted by molar-refractivity contribution is 7.41. The Balaban J connectivity index is 2.39. The van der Waals surface area contributed by atoms with Crippen LogP contribution in [-0.4, -0.2) is 3.96 Å². The van der Waals surface area contributed by atoms with Crippen LogP contribution in [0.25, 0.3) is 15.0 Å². The maximum absolute atomic E-state index is 12.2. The molecule has 3 aromatic rings. The lowest BCUT2D eigenvalue weighted by molar-refractivity contribution is 0.984. The van der Waals surface area contributed by atoms with Crippen molar-refractivity contribution in [2.45, 2.75) is 6.92 Å². The first-order chi connectivity index (χ1) is 8.68. The summed E-state index contributed by atoms with van der Waals surface area (Å²) in [5, 5.41) is 0.837. The number of hydrogen-bond acceptors (Lipinski definition) is 1. The fraction of sp³-hybridized carbons (Fsp3) is 0.133. The summed E-state index contributed by atoms with van der Waals surface area (Å²) < 4.78 is 2.98. The second-order valence-corrected chi connectivity index (χ2v) is 6.42. The topological polar surface area (TPSA) is 22.0 Å². The Labute approximate surface area is 108 Å². The molecule has 0 saturated carbocycles. The fourth-order valence-corrected chi connectivity index (χ4v) is 4.26. The molecule has 0 aliphatic carbocycles. The number of benzene rings is 2. The quantitative estimate of drug-likeness (QED) is 0.610. The van der Waals surface area contributed by atoms with E-state index >= 15 is 0 Å². The molecule has 90 valence electrons. The Kier molecular flexibility index (Phi) is 2.56. The van der Waals surface area contributed by atoms with Crippen molar-refractivity contribution < 1.29 is 0 Å². The van der Waals surface area contributed by atoms with Gasteiger partial charge in [-0.05, 0) is 13.0 Å². The van der Waals surface area contributed by atoms with Gasteiger partial charge in [-0.2, -0.15) is 0 Å². The molecule has 1 atom stereocenters. The van der Waals surface area contributed by atoms with Crippen LogP contribution >= 0.6 is 10.7 Å². The lowest BCUT2D eigenvalue weighted by atomic mass is 10.2. The number of nitrogens with zero attached hydrogens (tertiary/aromatic N) is 1. The zero-order valence-electron chi connectivity index (χ0n) is 10.4. The number of aromatic nitrogens is 1. The summed E-state index contributed by atoms with van der Waals surface area (Å²) in [6.45, 7) is 2.07. The van der Waals surface area contributed by atoms with Crippen LogP contribution < -0.4 is 5.56 Å². The van der Waals surface area contributed by atoms with Gasteiger partial charge >= 0.3 is 5.56 Å². The maximum Gasteiger partial charge on any atom is 0.304 e. The molecule has 0 radical (unpaired) electrons. The summed E-state index contributed by atoms with van der Waals surface area (Å²) in [5.41, 5.74) is 1.36. The molecule has 0 aliphatic rings. The van der Waals surface area contributed by atoms with Crippen LogP contribution in [0.15, 0.2) is 53.3 Å². The van der Waals surface area contributed by atoms with Crippen LogP contribution in [0.5, 0.6) is 0 Å². The van der Waals surface area contributed by atoms with E-state index in [1.807, 2.05) is 29.2 Å². The van der Waals surface area contributed by atoms with Crippen molar-refractivity contribution >= 4 is 20.8 Å². The van der Waals surface area contributed by atoms with Crippen molar-refractivity contribution in [3.05, 3.63) is 64.4 Å². The van der Waals surface area contributed by atoms with E-state index in [2.05, 4.69) is 37.3 Å². The lowest BCUT2D eigenvalue weighted by Crippen LogP contribution is -2.09. The molecule has 1 aromatic heterocycles. The third-order valence-electron chi connectivity index (χ3n) is 3.13. The highest BCUT2D eigenvalue weighted by Gasteiger charge is 2.23. The van der Waals surface area contributed by atoms with E-state index in [0.29, 0.717) is 0 Å². The number of hydrogen-bond donors (Lipinski definition) is 0. The summed E-state index contributed by atoms with van der Waals surface area (Å²) in [4.78, 5) is 13.4. The fourth-order valence-electron chi connectivity index (χ4n) is 2.16. The normalized spacial score (nSPS) is 12.0. The minimum Gasteiger partial charge on any atom is -0.264 e. The van der Waals surface area contributed by atoms with Crippen LogP contribution in [-0.2, 0) is 7.05 Å². The van der Waals surface area contributed by atoms with Crippen molar-refractivity contribution in [3.8, 4) is 4.90 Å². The van der Waals surface area contributed by atoms with Crippen molar-refractivity contribution in [1.82, 2.24) is 3.96 Å². The van der Waals surface area contributed by atoms with Crippen molar-refractivity contribution in [1.29, 1.82) is 0 Å². The van der Waals surface area contributed by atoms with E-state index in [1.165, 1.54) is 10.5 Å². The Morgan fingerprint density at radius 3 is 2.39 bits per heavy atom. The van der Waals surface area contributed by atoms with Gasteiger partial charge in [0, 0.05) is 18.2 Å². The molecule has 0 amide bonds. The standard InChI is InChI=1S/C15H14NOS/c1-11-7-9-12(10-8-11)18-14-6-4-3-5-13(14)15(17)16(18)2/h3-10H,1-2H3/q+1. The van der Waals surface area contributed by atoms with E-state index < -0.39 is 0 Å². The predicted octanol–water partition coefficient (Wildman–Crippen LogP) is 3.59. The van der Waals surface area contributed by atoms with Crippen LogP contribution in [0.3, 0.4) is 0 Å². The Bertz CT molecular complexity index is 765. The van der Waals surface area contributed by atoms with Crippen LogP contribution in [0.1, 0.15) is 5.56 Å². The van der Waals surface area contributed by atoms with E-state index in [9.17, 15) is 4.79 Å². The van der Waals surface area contributed by atoms with E-state index in [1.54, 1.807) is 0 Å². The molecule has 0 bridgehead atoms. The molecule has 0 spiro atoms. The number of aryl methyl sites for hydroxylation is 1. The molecule has 3 rings (SSSR count). The van der Waals surface area contributed by atoms with Gasteiger partial charge in [0.25, 0.3) is 0 Å². The SMILES string of the molecule is Cc1ccc(-[s+]2c3ccccc3c(=O)n2C)cc1. The first-order valence-electron chi connectivity index (χ1n) is 5.86. The van der Waals surface area contributed by atoms with Crippen molar-refractivity contribution in [2.24, 2.45) is 7.05 Å². The highest BCUT2D eigenvalue weighted by Crippen LogP contribution is 2.36. The van der Waals surface area contributed by atoms with Gasteiger partial charge < -0.3 is 0 Å². The zero-order chi connectivity index (χ0) is 12.7. The smallest absolute Gasteiger partial charge is 0.264 e. The third kappa shape index (κ3) is 1.59. The predicted molar refractivity (Wildman–Crippen MR) is 77.7 cm³/mol. The van der Waals surface area contributed by atoms with E-state index in [-0.39, 0.29) is 16.2 Å². The largest absolute Gasteiger partial charge is 0.304 e. The Morgan fingerprint density at radius 1 is 1.00 bits per heavy atom. The molecule has 3 heteroatoms. The number of rotatable bonds is 1. The molecule has 1 unspecified atom stereocenters. The summed E-state index contributed by atoms with van der Waals surface area (Å²) >= 11 is 0. The zero-order valence-corrected chi connectivity index (χ0v) is 11.2. The summed E-state index contributed by atoms with van der Waals surface area (Å²) in [5.74, 6) is 0. The molecule has 18 heavy (non-hydrogen) atoms. The van der Waals surface area contributed by atoms with Crippen LogP contribution in [0.4, 0.5) is 0 Å². The summed E-state index contributed by atoms with van der Waals surface area (Å²) in [6, 6.07) is 16.3. The summed E-state index contributed by atoms with van der Waals surface area (Å²) in [7, 11) is 1.62. The third-order valence-corrected chi connectivity index (χ3v) is 5.33. The molecule has 0 N–H and O–H groups in total. The molecule has 0 saturated heterocycles. The van der Waals surface area contributed by atoms with Gasteiger partial charge in [-0.15, -0.1) is 3.96 Å². The second-order valence-electron chi connectivity index (χ2n) is 4.40. The van der Waals surface area contributed by atoms with Crippen molar-refractivity contribution in [2.75, 3.05) is 0 Å². The van der Waals surface area contributed by atoms with Gasteiger partial charge in [-0.25, -0.2) is 0 Å². The maximum atomic E-state index is 12.2. The van der Waals surface area contributed by atoms with Gasteiger partial charge in [-0.3, -0.25) is 4.79 Å². The minimum absolute atomic E-state index is 0.120. The molecule has 2 aromatic carbocycles. The molecular formula is C15H14NOS+. The second kappa shape index (κ2) is 4.10. The monoisotopic (exact) mass is 256 g/mol. The lowest BCUT2D eigenvalue weighted by Gasteiger charge is -1.94. The molecular weight excluding hydrogens is 242 g/mol. The molecule has 0 aliphatic heterocycles. The van der Waals surface area contributed by atoms with Gasteiger partial charge in [0.05, 0.1) is 7.05 Å². The minimum atomic E-state index is -0.265. The van der Waals surface area contributed by atoms with E-state index in [4.69, 9.17) is 0 Å². The average molecular weight is 256 g/mol. The van der Waals surface area contributed by atoms with Gasteiger partial charge in [-0.1, -0.05) is 29.8 Å². The molecule has 2 nitrogen and oxygen atoms in total. The average Bonchev–Trinajstić information content (AvgIpc) is 2.64. The van der Waals surface area contributed by atoms with Gasteiger partial charge in [0.2, 0.25) is 9.60 Å². The van der Waals surface area contributed by atoms with E-state index in [0.717, 1.165) is 10.1 Å². The first kappa shape index (κ1) is 11.2. The van der Waals surface area contributed by atoms with Crippen LogP contribution in [0.2, 0.25) is 0 Å². The number of fused-ring (bicyclic) bond motifs is 1. The molecule has 0 fully saturated rings. The Hall–Kier alpha value is -1.87. The highest BCUT2D eigenvalue weighted by atomic mass is 32.2. The van der Waals surface area contributed by atoms with Crippen LogP contribution in [0, 0.1) is 6.92 Å². The van der Waals surface area contributed by atoms with Gasteiger partial charge in [0.15, 0.2) is 0 Å². The Morgan fingerprint density at radius 2 is 1.67 bits per heavy atom. The van der Waals surface area contributed by atoms with Gasteiger partial charge in [0.1, 0.15) is 16.1 Å². The molecule has 1 heterocycles. The summed E-state index contributed by atoms with van der Waals surface area (Å²) in [6.07, 6.45) is 0. The first-order valence-corrected chi connectivity index (χ1v) is 7.05.